The summed E-state index contributed by atoms with van der Waals surface area (Å²) in [6, 6.07) is 13.8. The number of hydrogen-bond donors (Lipinski definition) is 2. The molecule has 0 spiro atoms. The van der Waals surface area contributed by atoms with Crippen LogP contribution in [0, 0.1) is 5.92 Å². The van der Waals surface area contributed by atoms with Crippen LogP contribution in [0.5, 0.6) is 0 Å². The maximum absolute atomic E-state index is 13.7. The van der Waals surface area contributed by atoms with Gasteiger partial charge in [-0.3, -0.25) is 9.59 Å². The molecule has 2 atom stereocenters. The summed E-state index contributed by atoms with van der Waals surface area (Å²) in [6.45, 7) is 6.95. The van der Waals surface area contributed by atoms with E-state index in [-0.39, 0.29) is 22.7 Å². The summed E-state index contributed by atoms with van der Waals surface area (Å²) in [4.78, 5) is 26.9. The van der Waals surface area contributed by atoms with E-state index in [0.717, 1.165) is 31.2 Å². The van der Waals surface area contributed by atoms with Gasteiger partial charge in [-0.25, -0.2) is 13.1 Å². The fraction of sp³-hybridized carbons (Fsp3) is 0.500. The fourth-order valence-corrected chi connectivity index (χ4v) is 6.06. The van der Waals surface area contributed by atoms with Gasteiger partial charge in [0.1, 0.15) is 4.90 Å². The second kappa shape index (κ2) is 13.6. The molecular formula is C28H39N3O5S. The molecule has 0 unspecified atom stereocenters. The molecule has 8 nitrogen and oxygen atoms in total. The molecule has 1 amide bonds. The van der Waals surface area contributed by atoms with Crippen molar-refractivity contribution in [1.82, 2.24) is 4.72 Å². The van der Waals surface area contributed by atoms with Gasteiger partial charge in [0.05, 0.1) is 18.2 Å². The first-order chi connectivity index (χ1) is 17.7. The van der Waals surface area contributed by atoms with Crippen molar-refractivity contribution in [1.29, 1.82) is 0 Å². The van der Waals surface area contributed by atoms with Gasteiger partial charge in [0.25, 0.3) is 0 Å². The van der Waals surface area contributed by atoms with Crippen LogP contribution >= 0.6 is 0 Å². The molecule has 1 heterocycles. The zero-order chi connectivity index (χ0) is 26.8. The van der Waals surface area contributed by atoms with E-state index in [0.29, 0.717) is 43.9 Å². The lowest BCUT2D eigenvalue weighted by atomic mass is 9.97. The normalized spacial score (nSPS) is 16.7. The van der Waals surface area contributed by atoms with E-state index in [4.69, 9.17) is 4.74 Å². The Morgan fingerprint density at radius 3 is 2.57 bits per heavy atom. The lowest BCUT2D eigenvalue weighted by molar-refractivity contribution is -0.148. The Balaban J connectivity index is 1.91. The Labute approximate surface area is 220 Å². The van der Waals surface area contributed by atoms with Crippen molar-refractivity contribution in [3.8, 4) is 0 Å². The first-order valence-electron chi connectivity index (χ1n) is 13.2. The van der Waals surface area contributed by atoms with E-state index >= 15 is 0 Å². The van der Waals surface area contributed by atoms with Gasteiger partial charge >= 0.3 is 5.97 Å². The van der Waals surface area contributed by atoms with Crippen molar-refractivity contribution in [3.63, 3.8) is 0 Å². The van der Waals surface area contributed by atoms with Crippen LogP contribution in [-0.2, 0) is 24.3 Å². The van der Waals surface area contributed by atoms with Crippen molar-refractivity contribution in [2.75, 3.05) is 29.9 Å². The van der Waals surface area contributed by atoms with Crippen LogP contribution in [0.2, 0.25) is 0 Å². The summed E-state index contributed by atoms with van der Waals surface area (Å²) >= 11 is 0. The van der Waals surface area contributed by atoms with Crippen LogP contribution in [0.3, 0.4) is 0 Å². The molecular weight excluding hydrogens is 490 g/mol. The Bertz CT molecular complexity index is 1150. The maximum atomic E-state index is 13.7. The quantitative estimate of drug-likeness (QED) is 0.295. The minimum absolute atomic E-state index is 0.0751. The number of anilines is 2. The van der Waals surface area contributed by atoms with E-state index in [9.17, 15) is 18.0 Å². The Kier molecular flexibility index (Phi) is 10.5. The summed E-state index contributed by atoms with van der Waals surface area (Å²) in [5.41, 5.74) is 1.77. The van der Waals surface area contributed by atoms with Crippen LogP contribution in [0.15, 0.2) is 53.4 Å². The first-order valence-corrected chi connectivity index (χ1v) is 14.7. The van der Waals surface area contributed by atoms with Gasteiger partial charge in [-0.1, -0.05) is 50.1 Å². The number of ether oxygens (including phenoxy) is 1. The molecule has 0 saturated carbocycles. The largest absolute Gasteiger partial charge is 0.466 e. The molecule has 0 aliphatic carbocycles. The third kappa shape index (κ3) is 8.04. The SMILES string of the molecule is CCCCCC(=O)Nc1ccc(N2CCC[C@@H](C(=O)OCC)C2)c(S(=O)(=O)N[C@@H](C)c2ccccc2)c1. The molecule has 0 bridgehead atoms. The summed E-state index contributed by atoms with van der Waals surface area (Å²) in [6.07, 6.45) is 4.58. The molecule has 0 radical (unpaired) electrons. The summed E-state index contributed by atoms with van der Waals surface area (Å²) in [5, 5.41) is 2.85. The molecule has 202 valence electrons. The zero-order valence-corrected chi connectivity index (χ0v) is 22.9. The monoisotopic (exact) mass is 529 g/mol. The van der Waals surface area contributed by atoms with E-state index in [1.807, 2.05) is 35.2 Å². The Morgan fingerprint density at radius 2 is 1.86 bits per heavy atom. The van der Waals surface area contributed by atoms with Crippen LogP contribution < -0.4 is 14.9 Å². The molecule has 3 rings (SSSR count). The fourth-order valence-electron chi connectivity index (χ4n) is 4.58. The number of amides is 1. The molecule has 1 fully saturated rings. The molecule has 1 aliphatic heterocycles. The highest BCUT2D eigenvalue weighted by molar-refractivity contribution is 7.89. The number of piperidine rings is 1. The molecule has 2 N–H and O–H groups in total. The van der Waals surface area contributed by atoms with Gasteiger partial charge < -0.3 is 15.0 Å². The average Bonchev–Trinajstić information content (AvgIpc) is 2.89. The first kappa shape index (κ1) is 28.7. The minimum atomic E-state index is -3.97. The van der Waals surface area contributed by atoms with Crippen molar-refractivity contribution < 1.29 is 22.7 Å². The highest BCUT2D eigenvalue weighted by Gasteiger charge is 2.31. The van der Waals surface area contributed by atoms with Crippen LogP contribution in [0.25, 0.3) is 0 Å². The van der Waals surface area contributed by atoms with E-state index in [2.05, 4.69) is 17.0 Å². The maximum Gasteiger partial charge on any atom is 0.310 e. The van der Waals surface area contributed by atoms with Crippen molar-refractivity contribution in [2.45, 2.75) is 70.2 Å². The zero-order valence-electron chi connectivity index (χ0n) is 22.0. The number of unbranched alkanes of at least 4 members (excludes halogenated alkanes) is 2. The molecule has 2 aromatic carbocycles. The van der Waals surface area contributed by atoms with Crippen LogP contribution in [0.1, 0.15) is 70.9 Å². The molecule has 0 aromatic heterocycles. The summed E-state index contributed by atoms with van der Waals surface area (Å²) in [7, 11) is -3.97. The van der Waals surface area contributed by atoms with Crippen molar-refractivity contribution in [3.05, 3.63) is 54.1 Å². The Hall–Kier alpha value is -2.91. The van der Waals surface area contributed by atoms with E-state index in [1.54, 1.807) is 26.0 Å². The number of benzene rings is 2. The number of esters is 1. The third-order valence-electron chi connectivity index (χ3n) is 6.55. The Morgan fingerprint density at radius 1 is 1.11 bits per heavy atom. The number of sulfonamides is 1. The van der Waals surface area contributed by atoms with E-state index in [1.165, 1.54) is 6.07 Å². The predicted molar refractivity (Wildman–Crippen MR) is 146 cm³/mol. The number of hydrogen-bond acceptors (Lipinski definition) is 6. The van der Waals surface area contributed by atoms with Crippen molar-refractivity contribution >= 4 is 33.3 Å². The predicted octanol–water partition coefficient (Wildman–Crippen LogP) is 5.02. The highest BCUT2D eigenvalue weighted by atomic mass is 32.2. The van der Waals surface area contributed by atoms with Gasteiger partial charge in [-0.2, -0.15) is 0 Å². The lowest BCUT2D eigenvalue weighted by Crippen LogP contribution is -2.40. The number of rotatable bonds is 12. The van der Waals surface area contributed by atoms with Gasteiger partial charge in [0, 0.05) is 31.2 Å². The number of carbonyl (C=O) groups excluding carboxylic acids is 2. The van der Waals surface area contributed by atoms with Gasteiger partial charge in [0.2, 0.25) is 15.9 Å². The average molecular weight is 530 g/mol. The summed E-state index contributed by atoms with van der Waals surface area (Å²) in [5.74, 6) is -0.725. The number of nitrogens with zero attached hydrogens (tertiary/aromatic N) is 1. The van der Waals surface area contributed by atoms with Gasteiger partial charge in [0.15, 0.2) is 0 Å². The number of carbonyl (C=O) groups is 2. The molecule has 37 heavy (non-hydrogen) atoms. The van der Waals surface area contributed by atoms with Crippen molar-refractivity contribution in [2.24, 2.45) is 5.92 Å². The topological polar surface area (TPSA) is 105 Å². The summed E-state index contributed by atoms with van der Waals surface area (Å²) < 4.78 is 35.4. The minimum Gasteiger partial charge on any atom is -0.466 e. The molecule has 2 aromatic rings. The smallest absolute Gasteiger partial charge is 0.310 e. The number of nitrogens with one attached hydrogen (secondary N) is 2. The lowest BCUT2D eigenvalue weighted by Gasteiger charge is -2.34. The van der Waals surface area contributed by atoms with Gasteiger partial charge in [-0.05, 0) is 56.9 Å². The third-order valence-corrected chi connectivity index (χ3v) is 8.12. The van der Waals surface area contributed by atoms with Crippen LogP contribution in [0.4, 0.5) is 11.4 Å². The second-order valence-corrected chi connectivity index (χ2v) is 11.2. The second-order valence-electron chi connectivity index (χ2n) is 9.48. The molecule has 9 heteroatoms. The molecule has 1 saturated heterocycles. The standard InChI is InChI=1S/C28H39N3O5S/c1-4-6-8-15-27(32)29-24-16-17-25(31-18-11-14-23(20-31)28(33)36-5-2)26(19-24)37(34,35)30-21(3)22-12-9-7-10-13-22/h7,9-10,12-13,16-17,19,21,23,30H,4-6,8,11,14-15,18,20H2,1-3H3,(H,29,32)/t21-,23+/m0/s1. The van der Waals surface area contributed by atoms with E-state index < -0.39 is 16.1 Å². The van der Waals surface area contributed by atoms with Crippen LogP contribution in [-0.4, -0.2) is 40.0 Å². The molecule has 1 aliphatic rings. The highest BCUT2D eigenvalue weighted by Crippen LogP contribution is 2.33. The van der Waals surface area contributed by atoms with Gasteiger partial charge in [-0.15, -0.1) is 0 Å².